The molecule has 40 heavy (non-hydrogen) atoms. The van der Waals surface area contributed by atoms with Gasteiger partial charge in [-0.3, -0.25) is 14.5 Å². The quantitative estimate of drug-likeness (QED) is 0.245. The number of carboxylic acid groups (broad SMARTS) is 1. The molecule has 1 saturated heterocycles. The highest BCUT2D eigenvalue weighted by Gasteiger charge is 2.19. The molecule has 1 fully saturated rings. The van der Waals surface area contributed by atoms with Gasteiger partial charge in [-0.25, -0.2) is 0 Å². The molecule has 0 aliphatic carbocycles. The highest BCUT2D eigenvalue weighted by molar-refractivity contribution is 5.94. The first-order chi connectivity index (χ1) is 20.0. The van der Waals surface area contributed by atoms with E-state index >= 15 is 0 Å². The van der Waals surface area contributed by atoms with E-state index < -0.39 is 12.5 Å². The number of carbonyl (C=O) groups excluding carboxylic acids is 1. The second-order valence-electron chi connectivity index (χ2n) is 9.97. The van der Waals surface area contributed by atoms with Gasteiger partial charge in [0.05, 0.1) is 21.2 Å². The van der Waals surface area contributed by atoms with Crippen LogP contribution in [0.1, 0.15) is 49.4 Å². The van der Waals surface area contributed by atoms with Crippen LogP contribution in [0.4, 0.5) is 0 Å². The molecule has 1 aliphatic heterocycles. The highest BCUT2D eigenvalue weighted by atomic mass is 16.5. The van der Waals surface area contributed by atoms with Gasteiger partial charge in [-0.2, -0.15) is 0 Å². The highest BCUT2D eigenvalue weighted by Crippen LogP contribution is 2.23. The Morgan fingerprint density at radius 1 is 0.875 bits per heavy atom. The van der Waals surface area contributed by atoms with E-state index in [2.05, 4.69) is 4.90 Å². The molecule has 0 aromatic heterocycles. The number of rotatable bonds is 15. The summed E-state index contributed by atoms with van der Waals surface area (Å²) in [5.74, 6) is -0.396. The third-order valence-corrected chi connectivity index (χ3v) is 6.98. The maximum atomic E-state index is 13.9. The number of carbonyl (C=O) groups is 2. The van der Waals surface area contributed by atoms with Gasteiger partial charge in [-0.15, -0.1) is 0 Å². The van der Waals surface area contributed by atoms with Crippen molar-refractivity contribution >= 4 is 11.9 Å². The summed E-state index contributed by atoms with van der Waals surface area (Å²) in [5, 5.41) is 8.83. The first kappa shape index (κ1) is 27.9. The molecular weight excluding hydrogens is 504 g/mol. The second kappa shape index (κ2) is 15.8. The number of hydrogen-bond acceptors (Lipinski definition) is 5. The third kappa shape index (κ3) is 9.21. The Bertz CT molecular complexity index is 1230. The van der Waals surface area contributed by atoms with E-state index in [1.807, 2.05) is 78.9 Å². The first-order valence-corrected chi connectivity index (χ1v) is 14.2. The molecule has 1 atom stereocenters. The van der Waals surface area contributed by atoms with Crippen molar-refractivity contribution in [2.24, 2.45) is 0 Å². The van der Waals surface area contributed by atoms with E-state index in [1.165, 1.54) is 0 Å². The summed E-state index contributed by atoms with van der Waals surface area (Å²) in [6.07, 6.45) is 2.98. The summed E-state index contributed by atoms with van der Waals surface area (Å²) in [6.45, 7) is 3.95. The molecule has 0 spiro atoms. The molecule has 0 bridgehead atoms. The molecule has 1 N–H and O–H groups in total. The summed E-state index contributed by atoms with van der Waals surface area (Å²) in [5.41, 5.74) is 3.30. The zero-order valence-corrected chi connectivity index (χ0v) is 23.0. The van der Waals surface area contributed by atoms with Crippen LogP contribution >= 0.6 is 0 Å². The van der Waals surface area contributed by atoms with Crippen molar-refractivity contribution in [1.82, 2.24) is 9.80 Å². The molecule has 7 heteroatoms. The van der Waals surface area contributed by atoms with E-state index in [9.17, 15) is 11.0 Å². The van der Waals surface area contributed by atoms with Crippen LogP contribution in [0, 0.1) is 0 Å². The number of aliphatic carboxylic acids is 1. The molecule has 0 radical (unpaired) electrons. The van der Waals surface area contributed by atoms with Crippen LogP contribution in [0.2, 0.25) is 0 Å². The minimum atomic E-state index is -0.941. The summed E-state index contributed by atoms with van der Waals surface area (Å²) in [4.78, 5) is 28.6. The molecule has 3 aromatic rings. The summed E-state index contributed by atoms with van der Waals surface area (Å²) in [7, 11) is 0. The van der Waals surface area contributed by atoms with E-state index in [1.54, 1.807) is 4.90 Å². The van der Waals surface area contributed by atoms with Gasteiger partial charge in [-0.1, -0.05) is 60.7 Å². The van der Waals surface area contributed by atoms with Crippen molar-refractivity contribution in [3.63, 3.8) is 0 Å². The molecule has 4 rings (SSSR count). The van der Waals surface area contributed by atoms with Crippen LogP contribution in [0.5, 0.6) is 5.75 Å². The normalized spacial score (nSPS) is 14.8. The van der Waals surface area contributed by atoms with Crippen molar-refractivity contribution in [3.05, 3.63) is 90.0 Å². The molecule has 7 nitrogen and oxygen atoms in total. The van der Waals surface area contributed by atoms with Crippen LogP contribution in [0.25, 0.3) is 11.1 Å². The van der Waals surface area contributed by atoms with Crippen LogP contribution in [-0.4, -0.2) is 72.8 Å². The fourth-order valence-electron chi connectivity index (χ4n) is 4.74. The molecule has 0 saturated carbocycles. The zero-order chi connectivity index (χ0) is 28.9. The number of nitrogens with zero attached hydrogens (tertiary/aromatic N) is 2. The lowest BCUT2D eigenvalue weighted by Gasteiger charge is -2.29. The van der Waals surface area contributed by atoms with Crippen molar-refractivity contribution in [3.8, 4) is 16.9 Å². The fraction of sp³-hybridized carbons (Fsp3) is 0.394. The van der Waals surface area contributed by atoms with Gasteiger partial charge in [0.15, 0.2) is 0 Å². The van der Waals surface area contributed by atoms with Gasteiger partial charge in [0.1, 0.15) is 5.75 Å². The van der Waals surface area contributed by atoms with E-state index in [0.717, 1.165) is 63.2 Å². The van der Waals surface area contributed by atoms with Gasteiger partial charge in [-0.05, 0) is 55.0 Å². The number of unbranched alkanes of at least 4 members (excludes halogenated alkanes) is 2. The van der Waals surface area contributed by atoms with Crippen molar-refractivity contribution in [2.75, 3.05) is 46.0 Å². The van der Waals surface area contributed by atoms with Gasteiger partial charge in [0.25, 0.3) is 5.91 Å². The molecule has 1 heterocycles. The summed E-state index contributed by atoms with van der Waals surface area (Å²) >= 11 is 0. The Hall–Kier alpha value is -3.68. The van der Waals surface area contributed by atoms with Crippen LogP contribution in [0.3, 0.4) is 0 Å². The Morgan fingerprint density at radius 2 is 1.57 bits per heavy atom. The predicted octanol–water partition coefficient (Wildman–Crippen LogP) is 5.74. The molecule has 212 valence electrons. The summed E-state index contributed by atoms with van der Waals surface area (Å²) < 4.78 is 20.7. The minimum absolute atomic E-state index is 0.152. The Balaban J connectivity index is 1.47. The maximum Gasteiger partial charge on any atom is 0.303 e. The SMILES string of the molecule is [2H]C(c1ccccc1OCCCCCC(=O)O)N(CCCN1CCOCC1)C(=O)c1ccc(-c2ccccc2)cc1. The van der Waals surface area contributed by atoms with Crippen LogP contribution in [0.15, 0.2) is 78.9 Å². The van der Waals surface area contributed by atoms with E-state index in [4.69, 9.17) is 14.6 Å². The fourth-order valence-corrected chi connectivity index (χ4v) is 4.74. The monoisotopic (exact) mass is 545 g/mol. The second-order valence-corrected chi connectivity index (χ2v) is 9.97. The minimum Gasteiger partial charge on any atom is -0.493 e. The van der Waals surface area contributed by atoms with Gasteiger partial charge in [0.2, 0.25) is 0 Å². The lowest BCUT2D eigenvalue weighted by atomic mass is 10.0. The molecule has 1 unspecified atom stereocenters. The van der Waals surface area contributed by atoms with E-state index in [0.29, 0.717) is 36.4 Å². The molecule has 3 aromatic carbocycles. The van der Waals surface area contributed by atoms with Gasteiger partial charge in [0, 0.05) is 50.2 Å². The number of carboxylic acids is 1. The van der Waals surface area contributed by atoms with Crippen LogP contribution < -0.4 is 4.74 Å². The lowest BCUT2D eigenvalue weighted by Crippen LogP contribution is -2.39. The van der Waals surface area contributed by atoms with Crippen LogP contribution in [-0.2, 0) is 16.1 Å². The Labute approximate surface area is 238 Å². The summed E-state index contributed by atoms with van der Waals surface area (Å²) in [6, 6.07) is 25.0. The maximum absolute atomic E-state index is 13.9. The topological polar surface area (TPSA) is 79.3 Å². The number of amides is 1. The molecule has 1 amide bonds. The van der Waals surface area contributed by atoms with Crippen molar-refractivity contribution < 1.29 is 25.5 Å². The smallest absolute Gasteiger partial charge is 0.303 e. The molecule has 1 aliphatic rings. The lowest BCUT2D eigenvalue weighted by molar-refractivity contribution is -0.137. The number of benzene rings is 3. The zero-order valence-electron chi connectivity index (χ0n) is 24.0. The first-order valence-electron chi connectivity index (χ1n) is 14.7. The van der Waals surface area contributed by atoms with Crippen molar-refractivity contribution in [2.45, 2.75) is 38.6 Å². The Kier molecular flexibility index (Phi) is 11.0. The van der Waals surface area contributed by atoms with E-state index in [-0.39, 0.29) is 12.3 Å². The number of para-hydroxylation sites is 1. The predicted molar refractivity (Wildman–Crippen MR) is 157 cm³/mol. The number of hydrogen-bond donors (Lipinski definition) is 1. The van der Waals surface area contributed by atoms with Crippen molar-refractivity contribution in [1.29, 1.82) is 0 Å². The third-order valence-electron chi connectivity index (χ3n) is 6.98. The average Bonchev–Trinajstić information content (AvgIpc) is 3.01. The standard InChI is InChI=1S/C33H40N2O5/c36-32(37)14-5-2-8-23-40-31-13-7-6-12-30(31)26-35(20-9-19-34-21-24-39-25-22-34)33(38)29-17-15-28(16-18-29)27-10-3-1-4-11-27/h1,3-4,6-7,10-13,15-18H,2,5,8-9,14,19-26H2,(H,36,37)/i26D. The largest absolute Gasteiger partial charge is 0.493 e. The number of morpholine rings is 1. The molecular formula is C33H40N2O5. The van der Waals surface area contributed by atoms with Gasteiger partial charge >= 0.3 is 5.97 Å². The number of ether oxygens (including phenoxy) is 2. The van der Waals surface area contributed by atoms with Gasteiger partial charge < -0.3 is 19.5 Å². The average molecular weight is 546 g/mol. The Morgan fingerprint density at radius 3 is 2.33 bits per heavy atom.